The highest BCUT2D eigenvalue weighted by Crippen LogP contribution is 2.17. The number of hydrogen-bond donors (Lipinski definition) is 2. The molecule has 1 aromatic heterocycles. The molecule has 7 heteroatoms. The number of nitrogens with one attached hydrogen (secondary N) is 2. The van der Waals surface area contributed by atoms with Crippen LogP contribution in [0.1, 0.15) is 48.6 Å². The lowest BCUT2D eigenvalue weighted by Gasteiger charge is -2.23. The minimum Gasteiger partial charge on any atom is -0.453 e. The normalized spacial score (nSPS) is 13.1. The SMILES string of the molecule is Cc1ccccc1C(=O)N[C@H](C(=O)O[C@@H](C)c1nc2ccccc2c(=O)[nH]1)C(C)C. The Bertz CT molecular complexity index is 1140. The van der Waals surface area contributed by atoms with Gasteiger partial charge in [0.1, 0.15) is 6.04 Å². The van der Waals surface area contributed by atoms with Gasteiger partial charge in [-0.15, -0.1) is 0 Å². The van der Waals surface area contributed by atoms with Crippen LogP contribution in [-0.2, 0) is 9.53 Å². The summed E-state index contributed by atoms with van der Waals surface area (Å²) in [5, 5.41) is 3.23. The Morgan fingerprint density at radius 2 is 1.70 bits per heavy atom. The second kappa shape index (κ2) is 8.90. The van der Waals surface area contributed by atoms with E-state index < -0.39 is 18.1 Å². The first-order chi connectivity index (χ1) is 14.3. The minimum atomic E-state index is -0.841. The van der Waals surface area contributed by atoms with Crippen LogP contribution in [0.4, 0.5) is 0 Å². The van der Waals surface area contributed by atoms with Crippen molar-refractivity contribution in [1.82, 2.24) is 15.3 Å². The summed E-state index contributed by atoms with van der Waals surface area (Å²) in [6.07, 6.45) is -0.786. The first-order valence-corrected chi connectivity index (χ1v) is 9.84. The summed E-state index contributed by atoms with van der Waals surface area (Å²) in [5.41, 5.74) is 1.54. The molecule has 0 bridgehead atoms. The number of aryl methyl sites for hydroxylation is 1. The molecule has 3 rings (SSSR count). The number of benzene rings is 2. The Balaban J connectivity index is 1.77. The lowest BCUT2D eigenvalue weighted by molar-refractivity contribution is -0.152. The second-order valence-electron chi connectivity index (χ2n) is 7.56. The van der Waals surface area contributed by atoms with Crippen LogP contribution in [0.25, 0.3) is 10.9 Å². The third kappa shape index (κ3) is 4.56. The number of nitrogens with zero attached hydrogens (tertiary/aromatic N) is 1. The topological polar surface area (TPSA) is 101 Å². The fourth-order valence-corrected chi connectivity index (χ4v) is 3.14. The van der Waals surface area contributed by atoms with Crippen molar-refractivity contribution in [3.05, 3.63) is 75.8 Å². The van der Waals surface area contributed by atoms with Gasteiger partial charge in [0, 0.05) is 5.56 Å². The Kier molecular flexibility index (Phi) is 6.30. The predicted octanol–water partition coefficient (Wildman–Crippen LogP) is 3.29. The number of aromatic nitrogens is 2. The number of amides is 1. The van der Waals surface area contributed by atoms with Crippen LogP contribution < -0.4 is 10.9 Å². The van der Waals surface area contributed by atoms with Gasteiger partial charge in [-0.25, -0.2) is 9.78 Å². The van der Waals surface area contributed by atoms with Crippen LogP contribution in [-0.4, -0.2) is 27.9 Å². The maximum Gasteiger partial charge on any atom is 0.329 e. The first-order valence-electron chi connectivity index (χ1n) is 9.84. The van der Waals surface area contributed by atoms with E-state index >= 15 is 0 Å². The average molecular weight is 407 g/mol. The molecule has 2 N–H and O–H groups in total. The highest BCUT2D eigenvalue weighted by atomic mass is 16.5. The monoisotopic (exact) mass is 407 g/mol. The fourth-order valence-electron chi connectivity index (χ4n) is 3.14. The average Bonchev–Trinajstić information content (AvgIpc) is 2.71. The van der Waals surface area contributed by atoms with E-state index in [4.69, 9.17) is 4.74 Å². The highest BCUT2D eigenvalue weighted by molar-refractivity contribution is 5.98. The molecule has 0 aliphatic carbocycles. The van der Waals surface area contributed by atoms with Gasteiger partial charge < -0.3 is 15.0 Å². The van der Waals surface area contributed by atoms with Crippen molar-refractivity contribution in [2.75, 3.05) is 0 Å². The van der Waals surface area contributed by atoms with Crippen LogP contribution >= 0.6 is 0 Å². The Morgan fingerprint density at radius 3 is 2.40 bits per heavy atom. The highest BCUT2D eigenvalue weighted by Gasteiger charge is 2.28. The number of aromatic amines is 1. The zero-order valence-corrected chi connectivity index (χ0v) is 17.4. The molecule has 0 unspecified atom stereocenters. The van der Waals surface area contributed by atoms with Crippen molar-refractivity contribution in [3.63, 3.8) is 0 Å². The molecule has 3 aromatic rings. The molecule has 0 spiro atoms. The largest absolute Gasteiger partial charge is 0.453 e. The van der Waals surface area contributed by atoms with Crippen molar-refractivity contribution in [1.29, 1.82) is 0 Å². The van der Waals surface area contributed by atoms with Crippen LogP contribution in [0.15, 0.2) is 53.3 Å². The van der Waals surface area contributed by atoms with Crippen molar-refractivity contribution in [2.24, 2.45) is 5.92 Å². The second-order valence-corrected chi connectivity index (χ2v) is 7.56. The number of rotatable bonds is 6. The summed E-state index contributed by atoms with van der Waals surface area (Å²) in [6.45, 7) is 7.11. The maximum absolute atomic E-state index is 12.8. The third-order valence-electron chi connectivity index (χ3n) is 4.91. The number of ether oxygens (including phenoxy) is 1. The number of fused-ring (bicyclic) bond motifs is 1. The van der Waals surface area contributed by atoms with Gasteiger partial charge >= 0.3 is 5.97 Å². The molecule has 0 radical (unpaired) electrons. The van der Waals surface area contributed by atoms with E-state index in [0.717, 1.165) is 5.56 Å². The Labute approximate surface area is 174 Å². The zero-order valence-electron chi connectivity index (χ0n) is 17.4. The van der Waals surface area contributed by atoms with Crippen molar-refractivity contribution >= 4 is 22.8 Å². The van der Waals surface area contributed by atoms with E-state index in [2.05, 4.69) is 15.3 Å². The summed E-state index contributed by atoms with van der Waals surface area (Å²) in [5.74, 6) is -0.870. The summed E-state index contributed by atoms with van der Waals surface area (Å²) >= 11 is 0. The molecule has 2 aromatic carbocycles. The molecule has 1 heterocycles. The number of carbonyl (C=O) groups is 2. The van der Waals surface area contributed by atoms with Crippen molar-refractivity contribution < 1.29 is 14.3 Å². The first kappa shape index (κ1) is 21.2. The molecule has 0 saturated carbocycles. The van der Waals surface area contributed by atoms with Crippen LogP contribution in [0.3, 0.4) is 0 Å². The van der Waals surface area contributed by atoms with E-state index in [9.17, 15) is 14.4 Å². The number of carbonyl (C=O) groups excluding carboxylic acids is 2. The van der Waals surface area contributed by atoms with E-state index in [1.807, 2.05) is 32.9 Å². The lowest BCUT2D eigenvalue weighted by Crippen LogP contribution is -2.45. The smallest absolute Gasteiger partial charge is 0.329 e. The molecule has 0 aliphatic rings. The van der Waals surface area contributed by atoms with Crippen molar-refractivity contribution in [3.8, 4) is 0 Å². The summed E-state index contributed by atoms with van der Waals surface area (Å²) in [7, 11) is 0. The van der Waals surface area contributed by atoms with Gasteiger partial charge in [0.15, 0.2) is 11.9 Å². The summed E-state index contributed by atoms with van der Waals surface area (Å²) in [6, 6.07) is 13.3. The lowest BCUT2D eigenvalue weighted by atomic mass is 10.0. The Hall–Kier alpha value is -3.48. The van der Waals surface area contributed by atoms with Gasteiger partial charge in [-0.1, -0.05) is 44.2 Å². The molecule has 1 amide bonds. The van der Waals surface area contributed by atoms with Crippen LogP contribution in [0, 0.1) is 12.8 Å². The van der Waals surface area contributed by atoms with Gasteiger partial charge in [-0.05, 0) is 43.5 Å². The van der Waals surface area contributed by atoms with Crippen molar-refractivity contribution in [2.45, 2.75) is 39.8 Å². The molecule has 30 heavy (non-hydrogen) atoms. The predicted molar refractivity (Wildman–Crippen MR) is 114 cm³/mol. The molecular formula is C23H25N3O4. The maximum atomic E-state index is 12.8. The number of H-pyrrole nitrogens is 1. The fraction of sp³-hybridized carbons (Fsp3) is 0.304. The number of para-hydroxylation sites is 1. The number of hydrogen-bond acceptors (Lipinski definition) is 5. The summed E-state index contributed by atoms with van der Waals surface area (Å²) in [4.78, 5) is 44.8. The number of esters is 1. The minimum absolute atomic E-state index is 0.193. The van der Waals surface area contributed by atoms with Gasteiger partial charge in [0.2, 0.25) is 0 Å². The molecule has 0 saturated heterocycles. The molecule has 156 valence electrons. The Morgan fingerprint density at radius 1 is 1.03 bits per heavy atom. The molecule has 0 fully saturated rings. The van der Waals surface area contributed by atoms with E-state index in [0.29, 0.717) is 16.5 Å². The van der Waals surface area contributed by atoms with Gasteiger partial charge in [-0.2, -0.15) is 0 Å². The third-order valence-corrected chi connectivity index (χ3v) is 4.91. The van der Waals surface area contributed by atoms with Gasteiger partial charge in [-0.3, -0.25) is 9.59 Å². The zero-order chi connectivity index (χ0) is 21.8. The standard InChI is InChI=1S/C23H25N3O4/c1-13(2)19(25-21(27)16-10-6-5-9-14(16)3)23(29)30-15(4)20-24-18-12-8-7-11-17(18)22(28)26-20/h5-13,15,19H,1-4H3,(H,25,27)(H,24,26,28)/t15-,19-/m0/s1. The molecule has 0 aliphatic heterocycles. The molecule has 2 atom stereocenters. The van der Waals surface area contributed by atoms with Crippen LogP contribution in [0.2, 0.25) is 0 Å². The van der Waals surface area contributed by atoms with E-state index in [1.165, 1.54) is 0 Å². The van der Waals surface area contributed by atoms with Gasteiger partial charge in [0.05, 0.1) is 10.9 Å². The van der Waals surface area contributed by atoms with Crippen LogP contribution in [0.5, 0.6) is 0 Å². The quantitative estimate of drug-likeness (QED) is 0.611. The summed E-state index contributed by atoms with van der Waals surface area (Å²) < 4.78 is 5.54. The molecule has 7 nitrogen and oxygen atoms in total. The molecular weight excluding hydrogens is 382 g/mol. The van der Waals surface area contributed by atoms with E-state index in [-0.39, 0.29) is 23.2 Å². The van der Waals surface area contributed by atoms with E-state index in [1.54, 1.807) is 43.3 Å². The van der Waals surface area contributed by atoms with Gasteiger partial charge in [0.25, 0.3) is 11.5 Å².